The van der Waals surface area contributed by atoms with E-state index in [0.29, 0.717) is 0 Å². The standard InChI is InChI=1S/Cs.6H3O4P.H/c;6*1-5(2,3)4;/h;6*(H3,1,2,3,4);/q+1;;;;;;;-1. The molecular formula is H19CsO24P6. The molecule has 0 aromatic heterocycles. The third-order valence-corrected chi connectivity index (χ3v) is 0. The van der Waals surface area contributed by atoms with E-state index in [-0.39, 0.29) is 70.3 Å². The maximum atomic E-state index is 8.88. The van der Waals surface area contributed by atoms with Crippen LogP contribution >= 0.6 is 46.9 Å². The average Bonchev–Trinajstić information content (AvgIpc) is 1.94. The van der Waals surface area contributed by atoms with E-state index in [4.69, 9.17) is 115 Å². The van der Waals surface area contributed by atoms with Crippen molar-refractivity contribution < 1.29 is 186 Å². The zero-order valence-corrected chi connectivity index (χ0v) is 25.8. The van der Waals surface area contributed by atoms with Gasteiger partial charge in [-0.15, -0.1) is 0 Å². The van der Waals surface area contributed by atoms with Gasteiger partial charge in [0.15, 0.2) is 0 Å². The molecule has 24 nitrogen and oxygen atoms in total. The number of phosphoric acid groups is 6. The van der Waals surface area contributed by atoms with E-state index in [1.54, 1.807) is 0 Å². The number of rotatable bonds is 0. The van der Waals surface area contributed by atoms with Crippen LogP contribution in [0.4, 0.5) is 0 Å². The Morgan fingerprint density at radius 3 is 0.258 bits per heavy atom. The minimum atomic E-state index is -4.64. The van der Waals surface area contributed by atoms with Gasteiger partial charge in [0.1, 0.15) is 0 Å². The summed E-state index contributed by atoms with van der Waals surface area (Å²) >= 11 is 0. The van der Waals surface area contributed by atoms with Gasteiger partial charge >= 0.3 is 116 Å². The van der Waals surface area contributed by atoms with Crippen molar-refractivity contribution in [3.63, 3.8) is 0 Å². The van der Waals surface area contributed by atoms with Crippen LogP contribution < -0.4 is 68.9 Å². The van der Waals surface area contributed by atoms with E-state index < -0.39 is 46.9 Å². The molecule has 0 radical (unpaired) electrons. The fraction of sp³-hybridized carbons (Fsp3) is 0. The normalized spacial score (nSPS) is 11.4. The first kappa shape index (κ1) is 50.6. The Balaban J connectivity index is -0.0000000356. The van der Waals surface area contributed by atoms with Gasteiger partial charge in [-0.2, -0.15) is 0 Å². The Labute approximate surface area is 230 Å². The molecule has 0 unspecified atom stereocenters. The van der Waals surface area contributed by atoms with Crippen molar-refractivity contribution in [1.29, 1.82) is 0 Å². The third kappa shape index (κ3) is 4200. The zero-order chi connectivity index (χ0) is 27.0. The molecule has 0 atom stereocenters. The molecule has 0 spiro atoms. The Bertz CT molecular complexity index is 467. The molecule has 0 aromatic carbocycles. The molecule has 0 aromatic rings. The van der Waals surface area contributed by atoms with Crippen LogP contribution in [0.1, 0.15) is 1.43 Å². The van der Waals surface area contributed by atoms with Crippen LogP contribution in [0, 0.1) is 0 Å². The van der Waals surface area contributed by atoms with Crippen molar-refractivity contribution in [3.05, 3.63) is 0 Å². The maximum Gasteiger partial charge on any atom is 1.00 e. The molecule has 0 heterocycles. The Hall–Kier alpha value is 2.71. The fourth-order valence-electron chi connectivity index (χ4n) is 0. The number of hydrogen-bond donors (Lipinski definition) is 18. The Kier molecular flexibility index (Phi) is 35.8. The topological polar surface area (TPSA) is 467 Å². The van der Waals surface area contributed by atoms with E-state index in [1.165, 1.54) is 0 Å². The second kappa shape index (κ2) is 22.0. The largest absolute Gasteiger partial charge is 1.00 e. The molecule has 18 N–H and O–H groups in total. The van der Waals surface area contributed by atoms with Gasteiger partial charge in [-0.25, -0.2) is 27.4 Å². The fourth-order valence-corrected chi connectivity index (χ4v) is 0. The van der Waals surface area contributed by atoms with Crippen molar-refractivity contribution in [2.45, 2.75) is 0 Å². The minimum absolute atomic E-state index is 0. The average molecular weight is 722 g/mol. The molecule has 0 saturated carbocycles. The molecule has 0 aliphatic rings. The smallest absolute Gasteiger partial charge is 1.00 e. The summed E-state index contributed by atoms with van der Waals surface area (Å²) in [6.07, 6.45) is 0. The van der Waals surface area contributed by atoms with Crippen molar-refractivity contribution >= 4 is 46.9 Å². The summed E-state index contributed by atoms with van der Waals surface area (Å²) in [6, 6.07) is 0. The quantitative estimate of drug-likeness (QED) is 0.103. The molecule has 0 aliphatic carbocycles. The van der Waals surface area contributed by atoms with E-state index in [0.717, 1.165) is 0 Å². The molecule has 0 rings (SSSR count). The predicted molar refractivity (Wildman–Crippen MR) is 86.7 cm³/mol. The van der Waals surface area contributed by atoms with Crippen molar-refractivity contribution in [1.82, 2.24) is 0 Å². The summed E-state index contributed by atoms with van der Waals surface area (Å²) in [6.45, 7) is 0. The van der Waals surface area contributed by atoms with Gasteiger partial charge in [-0.05, 0) is 0 Å². The van der Waals surface area contributed by atoms with Crippen LogP contribution in [-0.2, 0) is 27.4 Å². The van der Waals surface area contributed by atoms with Crippen LogP contribution in [-0.4, -0.2) is 88.1 Å². The predicted octanol–water partition coefficient (Wildman–Crippen LogP) is -8.46. The first-order chi connectivity index (χ1) is 12.0. The number of hydrogen-bond acceptors (Lipinski definition) is 6. The van der Waals surface area contributed by atoms with Crippen LogP contribution in [0.15, 0.2) is 0 Å². The van der Waals surface area contributed by atoms with Gasteiger partial charge < -0.3 is 89.5 Å². The Morgan fingerprint density at radius 1 is 0.258 bits per heavy atom. The van der Waals surface area contributed by atoms with Gasteiger partial charge in [0.25, 0.3) is 0 Å². The monoisotopic (exact) mass is 722 g/mol. The van der Waals surface area contributed by atoms with Gasteiger partial charge in [0.2, 0.25) is 0 Å². The van der Waals surface area contributed by atoms with Crippen molar-refractivity contribution in [2.75, 3.05) is 0 Å². The van der Waals surface area contributed by atoms with Crippen LogP contribution in [0.3, 0.4) is 0 Å². The summed E-state index contributed by atoms with van der Waals surface area (Å²) in [5.41, 5.74) is 0. The molecular weight excluding hydrogens is 703 g/mol. The summed E-state index contributed by atoms with van der Waals surface area (Å²) < 4.78 is 53.3. The molecule has 0 aliphatic heterocycles. The van der Waals surface area contributed by atoms with E-state index in [1.807, 2.05) is 0 Å². The van der Waals surface area contributed by atoms with E-state index >= 15 is 0 Å². The van der Waals surface area contributed by atoms with Gasteiger partial charge in [0.05, 0.1) is 0 Å². The molecule has 31 heavy (non-hydrogen) atoms. The van der Waals surface area contributed by atoms with Gasteiger partial charge in [-0.1, -0.05) is 0 Å². The van der Waals surface area contributed by atoms with E-state index in [9.17, 15) is 0 Å². The maximum absolute atomic E-state index is 8.88. The first-order valence-corrected chi connectivity index (χ1v) is 14.1. The molecule has 0 saturated heterocycles. The molecule has 0 bridgehead atoms. The summed E-state index contributed by atoms with van der Waals surface area (Å²) in [5.74, 6) is 0. The van der Waals surface area contributed by atoms with Gasteiger partial charge in [0, 0.05) is 0 Å². The van der Waals surface area contributed by atoms with Crippen LogP contribution in [0.25, 0.3) is 0 Å². The summed E-state index contributed by atoms with van der Waals surface area (Å²) in [5, 5.41) is 0. The second-order valence-electron chi connectivity index (χ2n) is 3.08. The van der Waals surface area contributed by atoms with Crippen LogP contribution in [0.2, 0.25) is 0 Å². The second-order valence-corrected chi connectivity index (χ2v) is 9.24. The van der Waals surface area contributed by atoms with Crippen molar-refractivity contribution in [3.8, 4) is 0 Å². The van der Waals surface area contributed by atoms with Gasteiger partial charge in [-0.3, -0.25) is 0 Å². The molecule has 194 valence electrons. The van der Waals surface area contributed by atoms with Crippen LogP contribution in [0.5, 0.6) is 0 Å². The Morgan fingerprint density at radius 2 is 0.258 bits per heavy atom. The minimum Gasteiger partial charge on any atom is -1.00 e. The SMILES string of the molecule is O=P(O)(O)O.O=P(O)(O)O.O=P(O)(O)O.O=P(O)(O)O.O=P(O)(O)O.O=P(O)(O)O.[Cs+].[H-]. The molecule has 0 fully saturated rings. The van der Waals surface area contributed by atoms with Crippen molar-refractivity contribution in [2.24, 2.45) is 0 Å². The zero-order valence-electron chi connectivity index (χ0n) is 15.2. The van der Waals surface area contributed by atoms with E-state index in [2.05, 4.69) is 0 Å². The summed E-state index contributed by atoms with van der Waals surface area (Å²) in [7, 11) is -27.8. The summed E-state index contributed by atoms with van der Waals surface area (Å²) in [4.78, 5) is 129. The molecule has 31 heteroatoms. The first-order valence-electron chi connectivity index (χ1n) is 4.70. The third-order valence-electron chi connectivity index (χ3n) is 0. The molecule has 0 amide bonds.